The van der Waals surface area contributed by atoms with Gasteiger partial charge in [0, 0.05) is 18.7 Å². The van der Waals surface area contributed by atoms with E-state index < -0.39 is 22.6 Å². The van der Waals surface area contributed by atoms with Crippen LogP contribution in [0.2, 0.25) is 0 Å². The number of para-hydroxylation sites is 1. The highest BCUT2D eigenvalue weighted by Crippen LogP contribution is 2.33. The number of hydrogen-bond donors (Lipinski definition) is 1. The first-order chi connectivity index (χ1) is 17.7. The van der Waals surface area contributed by atoms with Gasteiger partial charge in [0.25, 0.3) is 15.9 Å². The Bertz CT molecular complexity index is 1370. The van der Waals surface area contributed by atoms with E-state index in [2.05, 4.69) is 4.72 Å². The number of rotatable bonds is 9. The van der Waals surface area contributed by atoms with E-state index in [-0.39, 0.29) is 28.1 Å². The Morgan fingerprint density at radius 1 is 0.946 bits per heavy atom. The molecule has 0 atom stereocenters. The SMILES string of the molecule is CC(C)N(Cc1ccccc1)C(=O)COC(=O)c1ccccc1NS(=O)(=O)c1ccc2c(c1)OCCO2. The van der Waals surface area contributed by atoms with Gasteiger partial charge in [0.05, 0.1) is 16.1 Å². The molecule has 9 nitrogen and oxygen atoms in total. The smallest absolute Gasteiger partial charge is 0.340 e. The number of nitrogens with zero attached hydrogens (tertiary/aromatic N) is 1. The number of ether oxygens (including phenoxy) is 3. The van der Waals surface area contributed by atoms with Crippen LogP contribution in [-0.2, 0) is 26.1 Å². The van der Waals surface area contributed by atoms with Gasteiger partial charge in [-0.1, -0.05) is 42.5 Å². The molecule has 0 aliphatic carbocycles. The number of benzene rings is 3. The molecular weight excluding hydrogens is 496 g/mol. The third-order valence-corrected chi connectivity index (χ3v) is 7.04. The van der Waals surface area contributed by atoms with E-state index in [1.807, 2.05) is 44.2 Å². The van der Waals surface area contributed by atoms with Crippen molar-refractivity contribution in [3.63, 3.8) is 0 Å². The van der Waals surface area contributed by atoms with Gasteiger partial charge in [-0.3, -0.25) is 9.52 Å². The molecule has 1 heterocycles. The summed E-state index contributed by atoms with van der Waals surface area (Å²) in [5.74, 6) is -0.397. The van der Waals surface area contributed by atoms with Crippen LogP contribution >= 0.6 is 0 Å². The summed E-state index contributed by atoms with van der Waals surface area (Å²) >= 11 is 0. The molecule has 194 valence electrons. The van der Waals surface area contributed by atoms with Gasteiger partial charge in [0.2, 0.25) is 0 Å². The molecule has 0 fully saturated rings. The third-order valence-electron chi connectivity index (χ3n) is 5.68. The Morgan fingerprint density at radius 3 is 2.35 bits per heavy atom. The molecule has 0 unspecified atom stereocenters. The zero-order valence-electron chi connectivity index (χ0n) is 20.5. The summed E-state index contributed by atoms with van der Waals surface area (Å²) in [4.78, 5) is 27.3. The molecule has 0 bridgehead atoms. The maximum atomic E-state index is 13.0. The number of esters is 1. The van der Waals surface area contributed by atoms with Gasteiger partial charge in [-0.2, -0.15) is 0 Å². The molecule has 10 heteroatoms. The second-order valence-corrected chi connectivity index (χ2v) is 10.3. The fourth-order valence-electron chi connectivity index (χ4n) is 3.77. The lowest BCUT2D eigenvalue weighted by molar-refractivity contribution is -0.136. The van der Waals surface area contributed by atoms with E-state index in [1.165, 1.54) is 30.3 Å². The minimum atomic E-state index is -4.06. The van der Waals surface area contributed by atoms with Crippen LogP contribution in [0.1, 0.15) is 29.8 Å². The maximum Gasteiger partial charge on any atom is 0.340 e. The Balaban J connectivity index is 1.45. The first-order valence-electron chi connectivity index (χ1n) is 11.8. The van der Waals surface area contributed by atoms with Crippen molar-refractivity contribution in [3.8, 4) is 11.5 Å². The van der Waals surface area contributed by atoms with Crippen molar-refractivity contribution in [2.24, 2.45) is 0 Å². The van der Waals surface area contributed by atoms with Gasteiger partial charge in [0.1, 0.15) is 13.2 Å². The summed E-state index contributed by atoms with van der Waals surface area (Å²) in [6.07, 6.45) is 0. The van der Waals surface area contributed by atoms with Gasteiger partial charge in [0.15, 0.2) is 18.1 Å². The van der Waals surface area contributed by atoms with Gasteiger partial charge in [-0.05, 0) is 43.7 Å². The molecule has 1 aliphatic heterocycles. The van der Waals surface area contributed by atoms with E-state index in [4.69, 9.17) is 14.2 Å². The predicted octanol–water partition coefficient (Wildman–Crippen LogP) is 3.85. The summed E-state index contributed by atoms with van der Waals surface area (Å²) in [6.45, 7) is 4.36. The first-order valence-corrected chi connectivity index (χ1v) is 13.2. The van der Waals surface area contributed by atoms with Crippen LogP contribution in [0.25, 0.3) is 0 Å². The standard InChI is InChI=1S/C27H28N2O7S/c1-19(2)29(17-20-8-4-3-5-9-20)26(30)18-36-27(31)22-10-6-7-11-23(22)28-37(32,33)21-12-13-24-25(16-21)35-15-14-34-24/h3-13,16,19,28H,14-15,17-18H2,1-2H3. The van der Waals surface area contributed by atoms with Crippen molar-refractivity contribution in [1.29, 1.82) is 0 Å². The number of hydrogen-bond acceptors (Lipinski definition) is 7. The number of fused-ring (bicyclic) bond motifs is 1. The Morgan fingerprint density at radius 2 is 1.62 bits per heavy atom. The molecular formula is C27H28N2O7S. The second kappa shape index (κ2) is 11.3. The average molecular weight is 525 g/mol. The Labute approximate surface area is 216 Å². The van der Waals surface area contributed by atoms with Crippen molar-refractivity contribution in [1.82, 2.24) is 4.90 Å². The Kier molecular flexibility index (Phi) is 7.98. The number of nitrogens with one attached hydrogen (secondary N) is 1. The largest absolute Gasteiger partial charge is 0.486 e. The fourth-order valence-corrected chi connectivity index (χ4v) is 4.87. The molecule has 0 saturated heterocycles. The van der Waals surface area contributed by atoms with E-state index in [1.54, 1.807) is 17.0 Å². The molecule has 0 aromatic heterocycles. The molecule has 0 saturated carbocycles. The highest BCUT2D eigenvalue weighted by molar-refractivity contribution is 7.92. The summed E-state index contributed by atoms with van der Waals surface area (Å²) in [6, 6.07) is 19.7. The van der Waals surface area contributed by atoms with Gasteiger partial charge < -0.3 is 19.1 Å². The normalized spacial score (nSPS) is 12.6. The quantitative estimate of drug-likeness (QED) is 0.423. The van der Waals surface area contributed by atoms with Crippen LogP contribution in [-0.4, -0.2) is 51.1 Å². The van der Waals surface area contributed by atoms with Crippen LogP contribution in [0.4, 0.5) is 5.69 Å². The molecule has 1 aliphatic rings. The predicted molar refractivity (Wildman–Crippen MR) is 137 cm³/mol. The van der Waals surface area contributed by atoms with E-state index in [0.717, 1.165) is 5.56 Å². The van der Waals surface area contributed by atoms with Gasteiger partial charge in [-0.15, -0.1) is 0 Å². The number of anilines is 1. The summed E-state index contributed by atoms with van der Waals surface area (Å²) in [5.41, 5.74) is 0.963. The molecule has 37 heavy (non-hydrogen) atoms. The Hall–Kier alpha value is -4.05. The molecule has 3 aromatic carbocycles. The number of sulfonamides is 1. The average Bonchev–Trinajstić information content (AvgIpc) is 2.90. The van der Waals surface area contributed by atoms with Gasteiger partial charge in [-0.25, -0.2) is 13.2 Å². The van der Waals surface area contributed by atoms with Crippen molar-refractivity contribution >= 4 is 27.6 Å². The monoisotopic (exact) mass is 524 g/mol. The molecule has 0 radical (unpaired) electrons. The highest BCUT2D eigenvalue weighted by Gasteiger charge is 2.24. The second-order valence-electron chi connectivity index (χ2n) is 8.63. The zero-order valence-corrected chi connectivity index (χ0v) is 21.4. The maximum absolute atomic E-state index is 13.0. The highest BCUT2D eigenvalue weighted by atomic mass is 32.2. The minimum absolute atomic E-state index is 0.0180. The zero-order chi connectivity index (χ0) is 26.4. The fraction of sp³-hybridized carbons (Fsp3) is 0.259. The van der Waals surface area contributed by atoms with E-state index >= 15 is 0 Å². The van der Waals surface area contributed by atoms with Crippen LogP contribution in [0, 0.1) is 0 Å². The van der Waals surface area contributed by atoms with Crippen LogP contribution in [0.15, 0.2) is 77.7 Å². The van der Waals surface area contributed by atoms with Crippen LogP contribution in [0.3, 0.4) is 0 Å². The van der Waals surface area contributed by atoms with Crippen molar-refractivity contribution in [2.45, 2.75) is 31.3 Å². The molecule has 4 rings (SSSR count). The number of carbonyl (C=O) groups excluding carboxylic acids is 2. The number of amides is 1. The van der Waals surface area contributed by atoms with Crippen molar-refractivity contribution < 1.29 is 32.2 Å². The van der Waals surface area contributed by atoms with Gasteiger partial charge >= 0.3 is 5.97 Å². The lowest BCUT2D eigenvalue weighted by atomic mass is 10.2. The minimum Gasteiger partial charge on any atom is -0.486 e. The summed E-state index contributed by atoms with van der Waals surface area (Å²) in [7, 11) is -4.06. The van der Waals surface area contributed by atoms with E-state index in [0.29, 0.717) is 31.3 Å². The number of carbonyl (C=O) groups is 2. The topological polar surface area (TPSA) is 111 Å². The lowest BCUT2D eigenvalue weighted by Gasteiger charge is -2.26. The van der Waals surface area contributed by atoms with Crippen LogP contribution in [0.5, 0.6) is 11.5 Å². The molecule has 1 amide bonds. The van der Waals surface area contributed by atoms with Crippen molar-refractivity contribution in [3.05, 3.63) is 83.9 Å². The van der Waals surface area contributed by atoms with E-state index in [9.17, 15) is 18.0 Å². The summed E-state index contributed by atoms with van der Waals surface area (Å²) in [5, 5.41) is 0. The molecule has 0 spiro atoms. The molecule has 1 N–H and O–H groups in total. The molecule has 3 aromatic rings. The third kappa shape index (κ3) is 6.39. The van der Waals surface area contributed by atoms with Crippen molar-refractivity contribution in [2.75, 3.05) is 24.5 Å². The van der Waals surface area contributed by atoms with Crippen LogP contribution < -0.4 is 14.2 Å². The summed E-state index contributed by atoms with van der Waals surface area (Å²) < 4.78 is 44.7. The lowest BCUT2D eigenvalue weighted by Crippen LogP contribution is -2.39. The first kappa shape index (κ1) is 26.0.